The van der Waals surface area contributed by atoms with Crippen molar-refractivity contribution in [3.63, 3.8) is 0 Å². The van der Waals surface area contributed by atoms with Crippen LogP contribution in [0.5, 0.6) is 11.5 Å². The zero-order chi connectivity index (χ0) is 21.2. The van der Waals surface area contributed by atoms with Gasteiger partial charge in [-0.25, -0.2) is 0 Å². The van der Waals surface area contributed by atoms with Crippen molar-refractivity contribution in [1.29, 1.82) is 0 Å². The molecule has 28 heavy (non-hydrogen) atoms. The van der Waals surface area contributed by atoms with Gasteiger partial charge in [-0.3, -0.25) is 9.89 Å². The van der Waals surface area contributed by atoms with Gasteiger partial charge in [-0.1, -0.05) is 0 Å². The zero-order valence-corrected chi connectivity index (χ0v) is 17.3. The summed E-state index contributed by atoms with van der Waals surface area (Å²) in [6, 6.07) is 5.62. The van der Waals surface area contributed by atoms with E-state index in [4.69, 9.17) is 9.47 Å². The molecule has 0 unspecified atom stereocenters. The van der Waals surface area contributed by atoms with Gasteiger partial charge in [0.25, 0.3) is 0 Å². The highest BCUT2D eigenvalue weighted by Crippen LogP contribution is 2.25. The molecule has 9 heteroatoms. The van der Waals surface area contributed by atoms with Gasteiger partial charge in [-0.2, -0.15) is 13.2 Å². The summed E-state index contributed by atoms with van der Waals surface area (Å²) in [5.41, 5.74) is 0.973. The number of hydrogen-bond donors (Lipinski definition) is 1. The van der Waals surface area contributed by atoms with Crippen LogP contribution in [0.4, 0.5) is 13.2 Å². The number of guanidine groups is 1. The highest BCUT2D eigenvalue weighted by molar-refractivity contribution is 5.79. The Morgan fingerprint density at radius 3 is 2.46 bits per heavy atom. The lowest BCUT2D eigenvalue weighted by molar-refractivity contribution is -0.143. The summed E-state index contributed by atoms with van der Waals surface area (Å²) in [6.07, 6.45) is -3.63. The molecule has 6 nitrogen and oxygen atoms in total. The third-order valence-electron chi connectivity index (χ3n) is 4.01. The topological polar surface area (TPSA) is 49.3 Å². The van der Waals surface area contributed by atoms with Gasteiger partial charge in [0, 0.05) is 38.3 Å². The second-order valence-electron chi connectivity index (χ2n) is 6.48. The largest absolute Gasteiger partial charge is 0.497 e. The summed E-state index contributed by atoms with van der Waals surface area (Å²) < 4.78 is 47.7. The van der Waals surface area contributed by atoms with Crippen LogP contribution in [0.3, 0.4) is 0 Å². The minimum atomic E-state index is -4.18. The molecule has 0 saturated carbocycles. The van der Waals surface area contributed by atoms with Crippen molar-refractivity contribution in [2.45, 2.75) is 26.1 Å². The molecule has 0 aliphatic heterocycles. The molecule has 0 spiro atoms. The zero-order valence-electron chi connectivity index (χ0n) is 17.3. The van der Waals surface area contributed by atoms with Crippen LogP contribution in [0.15, 0.2) is 23.2 Å². The van der Waals surface area contributed by atoms with E-state index in [-0.39, 0.29) is 0 Å². The van der Waals surface area contributed by atoms with E-state index in [9.17, 15) is 13.2 Å². The lowest BCUT2D eigenvalue weighted by Crippen LogP contribution is -2.38. The molecule has 1 rings (SSSR count). The van der Waals surface area contributed by atoms with Gasteiger partial charge in [-0.05, 0) is 39.1 Å². The lowest BCUT2D eigenvalue weighted by atomic mass is 10.2. The number of alkyl halides is 3. The van der Waals surface area contributed by atoms with Crippen molar-refractivity contribution >= 4 is 5.96 Å². The van der Waals surface area contributed by atoms with E-state index >= 15 is 0 Å². The van der Waals surface area contributed by atoms with E-state index in [2.05, 4.69) is 10.3 Å². The van der Waals surface area contributed by atoms with Crippen LogP contribution in [0.1, 0.15) is 18.9 Å². The predicted molar refractivity (Wildman–Crippen MR) is 105 cm³/mol. The molecule has 0 heterocycles. The van der Waals surface area contributed by atoms with Crippen molar-refractivity contribution in [2.75, 3.05) is 54.5 Å². The maximum absolute atomic E-state index is 12.4. The summed E-state index contributed by atoms with van der Waals surface area (Å²) in [4.78, 5) is 7.74. The van der Waals surface area contributed by atoms with Crippen molar-refractivity contribution in [3.05, 3.63) is 23.8 Å². The van der Waals surface area contributed by atoms with Crippen LogP contribution >= 0.6 is 0 Å². The molecular weight excluding hydrogens is 373 g/mol. The summed E-state index contributed by atoms with van der Waals surface area (Å²) in [5.74, 6) is 2.13. The molecule has 0 radical (unpaired) electrons. The predicted octanol–water partition coefficient (Wildman–Crippen LogP) is 2.99. The van der Waals surface area contributed by atoms with Gasteiger partial charge < -0.3 is 19.7 Å². The molecule has 0 aliphatic carbocycles. The SMILES string of the molecule is CCNC(=NCCCN(C)CC(F)(F)F)N(C)Cc1ccc(OC)cc1OC. The Morgan fingerprint density at radius 2 is 1.89 bits per heavy atom. The summed E-state index contributed by atoms with van der Waals surface area (Å²) in [6.45, 7) is 3.08. The molecule has 0 amide bonds. The van der Waals surface area contributed by atoms with Gasteiger partial charge in [-0.15, -0.1) is 0 Å². The average Bonchev–Trinajstić information content (AvgIpc) is 2.63. The Hall–Kier alpha value is -2.16. The van der Waals surface area contributed by atoms with Crippen molar-refractivity contribution in [1.82, 2.24) is 15.1 Å². The van der Waals surface area contributed by atoms with E-state index in [0.29, 0.717) is 44.3 Å². The van der Waals surface area contributed by atoms with E-state index in [1.54, 1.807) is 14.2 Å². The van der Waals surface area contributed by atoms with Crippen molar-refractivity contribution in [3.8, 4) is 11.5 Å². The molecule has 0 fully saturated rings. The first-order valence-corrected chi connectivity index (χ1v) is 9.15. The van der Waals surface area contributed by atoms with Crippen LogP contribution in [-0.4, -0.2) is 76.4 Å². The van der Waals surface area contributed by atoms with Crippen LogP contribution in [0, 0.1) is 0 Å². The Balaban J connectivity index is 2.68. The summed E-state index contributed by atoms with van der Waals surface area (Å²) in [5, 5.41) is 3.21. The summed E-state index contributed by atoms with van der Waals surface area (Å²) in [7, 11) is 6.57. The quantitative estimate of drug-likeness (QED) is 0.369. The summed E-state index contributed by atoms with van der Waals surface area (Å²) >= 11 is 0. The van der Waals surface area contributed by atoms with Crippen LogP contribution in [-0.2, 0) is 6.54 Å². The molecule has 0 saturated heterocycles. The lowest BCUT2D eigenvalue weighted by Gasteiger charge is -2.23. The number of hydrogen-bond acceptors (Lipinski definition) is 4. The van der Waals surface area contributed by atoms with Crippen LogP contribution in [0.25, 0.3) is 0 Å². The highest BCUT2D eigenvalue weighted by Gasteiger charge is 2.28. The number of ether oxygens (including phenoxy) is 2. The van der Waals surface area contributed by atoms with Gasteiger partial charge in [0.05, 0.1) is 20.8 Å². The number of halogens is 3. The second-order valence-corrected chi connectivity index (χ2v) is 6.48. The first-order valence-electron chi connectivity index (χ1n) is 9.15. The van der Waals surface area contributed by atoms with Gasteiger partial charge in [0.15, 0.2) is 5.96 Å². The molecule has 0 aliphatic rings. The first-order chi connectivity index (χ1) is 13.2. The smallest absolute Gasteiger partial charge is 0.401 e. The molecule has 1 aromatic carbocycles. The Labute approximate surface area is 165 Å². The standard InChI is InChI=1S/C19H31F3N4O2/c1-6-23-18(24-10-7-11-25(2)14-19(20,21)22)26(3)13-15-8-9-16(27-4)12-17(15)28-5/h8-9,12H,6-7,10-11,13-14H2,1-5H3,(H,23,24). The maximum Gasteiger partial charge on any atom is 0.401 e. The van der Waals surface area contributed by atoms with Gasteiger partial charge in [0.2, 0.25) is 0 Å². The maximum atomic E-state index is 12.4. The van der Waals surface area contributed by atoms with Crippen molar-refractivity contribution in [2.24, 2.45) is 4.99 Å². The minimum Gasteiger partial charge on any atom is -0.497 e. The fourth-order valence-corrected chi connectivity index (χ4v) is 2.69. The monoisotopic (exact) mass is 404 g/mol. The second kappa shape index (κ2) is 11.6. The first kappa shape index (κ1) is 23.9. The molecule has 0 aromatic heterocycles. The molecule has 160 valence electrons. The molecule has 1 aromatic rings. The average molecular weight is 404 g/mol. The van der Waals surface area contributed by atoms with Gasteiger partial charge >= 0.3 is 6.18 Å². The minimum absolute atomic E-state index is 0.332. The Bertz CT molecular complexity index is 624. The van der Waals surface area contributed by atoms with Crippen LogP contribution in [0.2, 0.25) is 0 Å². The van der Waals surface area contributed by atoms with E-state index in [1.807, 2.05) is 37.1 Å². The number of methoxy groups -OCH3 is 2. The number of benzene rings is 1. The molecule has 0 atom stereocenters. The Morgan fingerprint density at radius 1 is 1.18 bits per heavy atom. The number of nitrogens with one attached hydrogen (secondary N) is 1. The number of nitrogens with zero attached hydrogens (tertiary/aromatic N) is 3. The third-order valence-corrected chi connectivity index (χ3v) is 4.01. The van der Waals surface area contributed by atoms with E-state index in [1.165, 1.54) is 11.9 Å². The Kier molecular flexibility index (Phi) is 9.92. The van der Waals surface area contributed by atoms with Crippen molar-refractivity contribution < 1.29 is 22.6 Å². The highest BCUT2D eigenvalue weighted by atomic mass is 19.4. The number of rotatable bonds is 10. The molecule has 0 bridgehead atoms. The molecule has 1 N–H and O–H groups in total. The normalized spacial score (nSPS) is 12.2. The van der Waals surface area contributed by atoms with Crippen LogP contribution < -0.4 is 14.8 Å². The molecular formula is C19H31F3N4O2. The fourth-order valence-electron chi connectivity index (χ4n) is 2.69. The van der Waals surface area contributed by atoms with Gasteiger partial charge in [0.1, 0.15) is 11.5 Å². The fraction of sp³-hybridized carbons (Fsp3) is 0.632. The third kappa shape index (κ3) is 8.69. The number of aliphatic imine (C=N–C) groups is 1. The van der Waals surface area contributed by atoms with E-state index in [0.717, 1.165) is 11.3 Å². The van der Waals surface area contributed by atoms with E-state index < -0.39 is 12.7 Å².